The second kappa shape index (κ2) is 4.46. The van der Waals surface area contributed by atoms with Gasteiger partial charge in [0.25, 0.3) is 0 Å². The van der Waals surface area contributed by atoms with Crippen molar-refractivity contribution in [1.29, 1.82) is 0 Å². The minimum Gasteiger partial charge on any atom is -0.409 e. The van der Waals surface area contributed by atoms with Gasteiger partial charge in [0.1, 0.15) is 6.54 Å². The molecule has 0 saturated carbocycles. The summed E-state index contributed by atoms with van der Waals surface area (Å²) in [6.07, 6.45) is 0. The first kappa shape index (κ1) is 8.67. The van der Waals surface area contributed by atoms with Crippen LogP contribution < -0.4 is 10.6 Å². The van der Waals surface area contributed by atoms with E-state index < -0.39 is 0 Å². The number of thioether (sulfide) groups is 1. The van der Waals surface area contributed by atoms with E-state index in [-0.39, 0.29) is 0 Å². The summed E-state index contributed by atoms with van der Waals surface area (Å²) >= 11 is 1.97. The van der Waals surface area contributed by atoms with Gasteiger partial charge >= 0.3 is 0 Å². The highest BCUT2D eigenvalue weighted by Crippen LogP contribution is 1.97. The Bertz CT molecular complexity index is 145. The van der Waals surface area contributed by atoms with E-state index in [1.54, 1.807) is 0 Å². The second-order valence-electron chi connectivity index (χ2n) is 2.63. The average molecular weight is 176 g/mol. The quantitative estimate of drug-likeness (QED) is 0.205. The molecule has 4 N–H and O–H groups in total. The van der Waals surface area contributed by atoms with Crippen LogP contribution in [0.2, 0.25) is 0 Å². The predicted molar refractivity (Wildman–Crippen MR) is 46.3 cm³/mol. The summed E-state index contributed by atoms with van der Waals surface area (Å²) in [6.45, 7) is 2.93. The van der Waals surface area contributed by atoms with E-state index in [0.717, 1.165) is 13.1 Å². The molecule has 0 radical (unpaired) electrons. The highest BCUT2D eigenvalue weighted by molar-refractivity contribution is 7.99. The maximum absolute atomic E-state index is 8.31. The number of rotatable bonds is 2. The Labute approximate surface area is 70.4 Å². The highest BCUT2D eigenvalue weighted by Gasteiger charge is 2.14. The Balaban J connectivity index is 2.24. The van der Waals surface area contributed by atoms with Crippen molar-refractivity contribution in [2.75, 3.05) is 31.1 Å². The third-order valence-corrected chi connectivity index (χ3v) is 2.75. The first-order valence-electron chi connectivity index (χ1n) is 3.70. The average Bonchev–Trinajstić information content (AvgIpc) is 2.06. The van der Waals surface area contributed by atoms with Gasteiger partial charge < -0.3 is 15.8 Å². The van der Waals surface area contributed by atoms with E-state index in [2.05, 4.69) is 5.16 Å². The summed E-state index contributed by atoms with van der Waals surface area (Å²) in [7, 11) is 0. The lowest BCUT2D eigenvalue weighted by molar-refractivity contribution is -0.887. The largest absolute Gasteiger partial charge is 0.409 e. The van der Waals surface area contributed by atoms with Crippen LogP contribution >= 0.6 is 11.8 Å². The van der Waals surface area contributed by atoms with E-state index >= 15 is 0 Å². The topological polar surface area (TPSA) is 63.0 Å². The Morgan fingerprint density at radius 1 is 1.55 bits per heavy atom. The van der Waals surface area contributed by atoms with Crippen molar-refractivity contribution >= 4 is 17.6 Å². The summed E-state index contributed by atoms with van der Waals surface area (Å²) in [5, 5.41) is 11.3. The predicted octanol–water partition coefficient (Wildman–Crippen LogP) is -1.64. The first-order chi connectivity index (χ1) is 5.33. The Morgan fingerprint density at radius 2 is 2.18 bits per heavy atom. The van der Waals surface area contributed by atoms with Crippen LogP contribution in [0.15, 0.2) is 5.16 Å². The molecule has 1 aliphatic rings. The molecule has 0 unspecified atom stereocenters. The molecular weight excluding hydrogens is 162 g/mol. The van der Waals surface area contributed by atoms with Crippen LogP contribution in [-0.2, 0) is 0 Å². The zero-order valence-electron chi connectivity index (χ0n) is 6.42. The summed E-state index contributed by atoms with van der Waals surface area (Å²) in [4.78, 5) is 1.42. The number of nitrogens with zero attached hydrogens (tertiary/aromatic N) is 1. The fraction of sp³-hybridized carbons (Fsp3) is 0.833. The van der Waals surface area contributed by atoms with Gasteiger partial charge in [0.2, 0.25) is 0 Å². The summed E-state index contributed by atoms with van der Waals surface area (Å²) in [5.41, 5.74) is 5.38. The molecule has 1 rings (SSSR count). The summed E-state index contributed by atoms with van der Waals surface area (Å²) in [5.74, 6) is 2.72. The molecule has 0 amide bonds. The number of nitrogens with two attached hydrogens (primary N) is 1. The van der Waals surface area contributed by atoms with Gasteiger partial charge in [0, 0.05) is 11.5 Å². The van der Waals surface area contributed by atoms with Crippen LogP contribution in [0.1, 0.15) is 0 Å². The fourth-order valence-corrected chi connectivity index (χ4v) is 2.20. The molecule has 1 saturated heterocycles. The van der Waals surface area contributed by atoms with E-state index in [9.17, 15) is 0 Å². The van der Waals surface area contributed by atoms with Crippen molar-refractivity contribution in [2.24, 2.45) is 10.9 Å². The summed E-state index contributed by atoms with van der Waals surface area (Å²) in [6, 6.07) is 0. The maximum Gasteiger partial charge on any atom is 0.194 e. The second-order valence-corrected chi connectivity index (χ2v) is 3.86. The minimum atomic E-state index is 0.340. The van der Waals surface area contributed by atoms with Gasteiger partial charge in [-0.2, -0.15) is 11.8 Å². The number of oxime groups is 1. The van der Waals surface area contributed by atoms with Crippen molar-refractivity contribution in [3.05, 3.63) is 0 Å². The van der Waals surface area contributed by atoms with Crippen LogP contribution in [0.25, 0.3) is 0 Å². The molecule has 0 aromatic heterocycles. The van der Waals surface area contributed by atoms with Gasteiger partial charge in [-0.1, -0.05) is 5.16 Å². The Morgan fingerprint density at radius 3 is 2.73 bits per heavy atom. The molecule has 1 aliphatic heterocycles. The SMILES string of the molecule is N/C(C[NH+]1CCSCC1)=N/O. The van der Waals surface area contributed by atoms with Crippen molar-refractivity contribution in [1.82, 2.24) is 0 Å². The highest BCUT2D eigenvalue weighted by atomic mass is 32.2. The maximum atomic E-state index is 8.31. The van der Waals surface area contributed by atoms with Crippen LogP contribution in [-0.4, -0.2) is 42.2 Å². The number of hydrogen-bond acceptors (Lipinski definition) is 3. The normalized spacial score (nSPS) is 22.0. The van der Waals surface area contributed by atoms with E-state index in [1.165, 1.54) is 16.4 Å². The molecule has 0 aromatic rings. The molecule has 0 atom stereocenters. The third kappa shape index (κ3) is 2.98. The lowest BCUT2D eigenvalue weighted by Gasteiger charge is -2.22. The number of amidine groups is 1. The molecule has 1 fully saturated rings. The van der Waals surface area contributed by atoms with Crippen LogP contribution in [0.5, 0.6) is 0 Å². The Hall–Kier alpha value is -0.420. The van der Waals surface area contributed by atoms with Gasteiger partial charge in [-0.15, -0.1) is 0 Å². The number of nitrogens with one attached hydrogen (secondary N) is 1. The minimum absolute atomic E-state index is 0.340. The Kier molecular flexibility index (Phi) is 3.51. The molecule has 0 spiro atoms. The van der Waals surface area contributed by atoms with Crippen molar-refractivity contribution in [3.63, 3.8) is 0 Å². The molecule has 0 bridgehead atoms. The van der Waals surface area contributed by atoms with Gasteiger partial charge in [-0.3, -0.25) is 0 Å². The van der Waals surface area contributed by atoms with E-state index in [1.807, 2.05) is 11.8 Å². The molecular formula is C6H14N3OS+. The zero-order valence-corrected chi connectivity index (χ0v) is 7.23. The fourth-order valence-electron chi connectivity index (χ4n) is 1.13. The van der Waals surface area contributed by atoms with Crippen molar-refractivity contribution in [3.8, 4) is 0 Å². The molecule has 0 aliphatic carbocycles. The van der Waals surface area contributed by atoms with Crippen molar-refractivity contribution in [2.45, 2.75) is 0 Å². The molecule has 64 valence electrons. The smallest absolute Gasteiger partial charge is 0.194 e. The van der Waals surface area contributed by atoms with Crippen LogP contribution in [0.4, 0.5) is 0 Å². The molecule has 11 heavy (non-hydrogen) atoms. The number of hydrogen-bond donors (Lipinski definition) is 3. The van der Waals surface area contributed by atoms with E-state index in [4.69, 9.17) is 10.9 Å². The molecule has 1 heterocycles. The lowest BCUT2D eigenvalue weighted by atomic mass is 10.4. The molecule has 0 aromatic carbocycles. The van der Waals surface area contributed by atoms with Crippen LogP contribution in [0.3, 0.4) is 0 Å². The summed E-state index contributed by atoms with van der Waals surface area (Å²) < 4.78 is 0. The molecule has 4 nitrogen and oxygen atoms in total. The van der Waals surface area contributed by atoms with Gasteiger partial charge in [0.15, 0.2) is 5.84 Å². The zero-order chi connectivity index (χ0) is 8.10. The standard InChI is InChI=1S/C6H13N3OS/c7-6(8-10)5-9-1-3-11-4-2-9/h10H,1-5H2,(H2,7,8)/p+1. The lowest BCUT2D eigenvalue weighted by Crippen LogP contribution is -3.14. The number of quaternary nitrogens is 1. The first-order valence-corrected chi connectivity index (χ1v) is 4.86. The molecule has 5 heteroatoms. The van der Waals surface area contributed by atoms with Crippen molar-refractivity contribution < 1.29 is 10.1 Å². The van der Waals surface area contributed by atoms with Crippen LogP contribution in [0, 0.1) is 0 Å². The van der Waals surface area contributed by atoms with Gasteiger partial charge in [0.05, 0.1) is 13.1 Å². The van der Waals surface area contributed by atoms with Gasteiger partial charge in [-0.25, -0.2) is 0 Å². The van der Waals surface area contributed by atoms with E-state index in [0.29, 0.717) is 12.4 Å². The third-order valence-electron chi connectivity index (χ3n) is 1.76. The van der Waals surface area contributed by atoms with Gasteiger partial charge in [-0.05, 0) is 0 Å². The monoisotopic (exact) mass is 176 g/mol.